The Morgan fingerprint density at radius 3 is 2.78 bits per heavy atom. The topological polar surface area (TPSA) is 59.8 Å². The van der Waals surface area contributed by atoms with Crippen LogP contribution in [0.2, 0.25) is 0 Å². The van der Waals surface area contributed by atoms with Gasteiger partial charge in [-0.2, -0.15) is 5.10 Å². The maximum atomic E-state index is 11.8. The molecule has 0 bridgehead atoms. The van der Waals surface area contributed by atoms with Crippen molar-refractivity contribution in [2.75, 3.05) is 0 Å². The van der Waals surface area contributed by atoms with E-state index in [-0.39, 0.29) is 18.5 Å². The van der Waals surface area contributed by atoms with Gasteiger partial charge in [-0.1, -0.05) is 28.1 Å². The molecule has 0 fully saturated rings. The summed E-state index contributed by atoms with van der Waals surface area (Å²) in [4.78, 5) is 15.5. The van der Waals surface area contributed by atoms with Crippen LogP contribution in [0.15, 0.2) is 41.4 Å². The molecule has 1 N–H and O–H groups in total. The molecular weight excluding hydrogens is 296 g/mol. The highest BCUT2D eigenvalue weighted by atomic mass is 79.9. The molecule has 1 amide bonds. The molecule has 0 saturated carbocycles. The van der Waals surface area contributed by atoms with Crippen molar-refractivity contribution in [1.29, 1.82) is 0 Å². The summed E-state index contributed by atoms with van der Waals surface area (Å²) in [6, 6.07) is 7.83. The fourth-order valence-electron chi connectivity index (χ4n) is 1.58. The van der Waals surface area contributed by atoms with Gasteiger partial charge in [-0.15, -0.1) is 0 Å². The van der Waals surface area contributed by atoms with E-state index in [9.17, 15) is 4.79 Å². The zero-order chi connectivity index (χ0) is 13.0. The van der Waals surface area contributed by atoms with Gasteiger partial charge in [0.05, 0.1) is 6.04 Å². The SMILES string of the molecule is CC(NC(=O)Cn1cncn1)c1ccc(Br)cc1. The van der Waals surface area contributed by atoms with E-state index in [2.05, 4.69) is 31.3 Å². The van der Waals surface area contributed by atoms with Crippen molar-refractivity contribution in [3.05, 3.63) is 47.0 Å². The molecule has 5 nitrogen and oxygen atoms in total. The van der Waals surface area contributed by atoms with Crippen molar-refractivity contribution in [2.24, 2.45) is 0 Å². The largest absolute Gasteiger partial charge is 0.348 e. The smallest absolute Gasteiger partial charge is 0.242 e. The highest BCUT2D eigenvalue weighted by Crippen LogP contribution is 2.16. The Bertz CT molecular complexity index is 509. The van der Waals surface area contributed by atoms with Crippen molar-refractivity contribution in [1.82, 2.24) is 20.1 Å². The second-order valence-electron chi connectivity index (χ2n) is 3.93. The third-order valence-corrected chi connectivity index (χ3v) is 3.05. The molecule has 1 aromatic heterocycles. The zero-order valence-corrected chi connectivity index (χ0v) is 11.5. The average molecular weight is 309 g/mol. The van der Waals surface area contributed by atoms with Gasteiger partial charge in [-0.25, -0.2) is 9.67 Å². The summed E-state index contributed by atoms with van der Waals surface area (Å²) in [5.74, 6) is -0.0871. The van der Waals surface area contributed by atoms with Crippen LogP contribution in [-0.2, 0) is 11.3 Å². The van der Waals surface area contributed by atoms with E-state index in [1.807, 2.05) is 31.2 Å². The molecule has 6 heteroatoms. The van der Waals surface area contributed by atoms with Gasteiger partial charge in [-0.05, 0) is 24.6 Å². The van der Waals surface area contributed by atoms with E-state index >= 15 is 0 Å². The predicted molar refractivity (Wildman–Crippen MR) is 70.7 cm³/mol. The molecule has 18 heavy (non-hydrogen) atoms. The summed E-state index contributed by atoms with van der Waals surface area (Å²) in [6.45, 7) is 2.13. The molecule has 2 aromatic rings. The molecule has 0 spiro atoms. The van der Waals surface area contributed by atoms with Gasteiger partial charge in [0.15, 0.2) is 0 Å². The van der Waals surface area contributed by atoms with E-state index in [0.29, 0.717) is 0 Å². The number of hydrogen-bond acceptors (Lipinski definition) is 3. The van der Waals surface area contributed by atoms with Crippen molar-refractivity contribution >= 4 is 21.8 Å². The number of nitrogens with zero attached hydrogens (tertiary/aromatic N) is 3. The van der Waals surface area contributed by atoms with Crippen molar-refractivity contribution in [3.8, 4) is 0 Å². The first kappa shape index (κ1) is 12.8. The Morgan fingerprint density at radius 2 is 2.17 bits per heavy atom. The monoisotopic (exact) mass is 308 g/mol. The number of halogens is 1. The van der Waals surface area contributed by atoms with Crippen LogP contribution in [0.3, 0.4) is 0 Å². The fraction of sp³-hybridized carbons (Fsp3) is 0.250. The Labute approximate surface area is 113 Å². The lowest BCUT2D eigenvalue weighted by molar-refractivity contribution is -0.122. The van der Waals surface area contributed by atoms with Gasteiger partial charge < -0.3 is 5.32 Å². The third kappa shape index (κ3) is 3.40. The number of amides is 1. The van der Waals surface area contributed by atoms with Gasteiger partial charge in [0.2, 0.25) is 5.91 Å². The third-order valence-electron chi connectivity index (χ3n) is 2.52. The maximum absolute atomic E-state index is 11.8. The van der Waals surface area contributed by atoms with E-state index in [1.165, 1.54) is 17.3 Å². The van der Waals surface area contributed by atoms with Crippen molar-refractivity contribution in [2.45, 2.75) is 19.5 Å². The summed E-state index contributed by atoms with van der Waals surface area (Å²) in [5.41, 5.74) is 1.06. The maximum Gasteiger partial charge on any atom is 0.242 e. The summed E-state index contributed by atoms with van der Waals surface area (Å²) in [7, 11) is 0. The van der Waals surface area contributed by atoms with Crippen LogP contribution in [0.1, 0.15) is 18.5 Å². The number of carbonyl (C=O) groups excluding carboxylic acids is 1. The lowest BCUT2D eigenvalue weighted by Gasteiger charge is -2.14. The second-order valence-corrected chi connectivity index (χ2v) is 4.85. The van der Waals surface area contributed by atoms with Crippen molar-refractivity contribution < 1.29 is 4.79 Å². The van der Waals surface area contributed by atoms with Crippen LogP contribution >= 0.6 is 15.9 Å². The number of nitrogens with one attached hydrogen (secondary N) is 1. The second kappa shape index (κ2) is 5.77. The van der Waals surface area contributed by atoms with Gasteiger partial charge in [0.1, 0.15) is 19.2 Å². The molecule has 2 rings (SSSR count). The predicted octanol–water partition coefficient (Wildman–Crippen LogP) is 1.92. The first-order chi connectivity index (χ1) is 8.65. The molecule has 94 valence electrons. The highest BCUT2D eigenvalue weighted by molar-refractivity contribution is 9.10. The number of hydrogen-bond donors (Lipinski definition) is 1. The van der Waals surface area contributed by atoms with E-state index < -0.39 is 0 Å². The minimum absolute atomic E-state index is 0.0332. The Morgan fingerprint density at radius 1 is 1.44 bits per heavy atom. The molecule has 0 radical (unpaired) electrons. The van der Waals surface area contributed by atoms with Gasteiger partial charge in [0.25, 0.3) is 0 Å². The highest BCUT2D eigenvalue weighted by Gasteiger charge is 2.09. The van der Waals surface area contributed by atoms with E-state index in [4.69, 9.17) is 0 Å². The number of benzene rings is 1. The molecule has 1 aromatic carbocycles. The zero-order valence-electron chi connectivity index (χ0n) is 9.88. The molecular formula is C12H13BrN4O. The van der Waals surface area contributed by atoms with Crippen LogP contribution in [0.5, 0.6) is 0 Å². The fourth-order valence-corrected chi connectivity index (χ4v) is 1.85. The molecule has 1 atom stereocenters. The summed E-state index contributed by atoms with van der Waals surface area (Å²) >= 11 is 3.38. The number of carbonyl (C=O) groups is 1. The van der Waals surface area contributed by atoms with E-state index in [1.54, 1.807) is 0 Å². The number of rotatable bonds is 4. The normalized spacial score (nSPS) is 12.1. The molecule has 0 saturated heterocycles. The standard InChI is InChI=1S/C12H13BrN4O/c1-9(10-2-4-11(13)5-3-10)16-12(18)6-17-8-14-7-15-17/h2-5,7-9H,6H2,1H3,(H,16,18). The Hall–Kier alpha value is -1.69. The summed E-state index contributed by atoms with van der Waals surface area (Å²) in [5, 5.41) is 6.80. The van der Waals surface area contributed by atoms with Crippen LogP contribution in [0, 0.1) is 0 Å². The average Bonchev–Trinajstić information content (AvgIpc) is 2.82. The van der Waals surface area contributed by atoms with Gasteiger partial charge in [0, 0.05) is 4.47 Å². The Kier molecular flexibility index (Phi) is 4.09. The molecule has 0 aliphatic carbocycles. The van der Waals surface area contributed by atoms with Crippen LogP contribution in [0.25, 0.3) is 0 Å². The lowest BCUT2D eigenvalue weighted by atomic mass is 10.1. The van der Waals surface area contributed by atoms with Gasteiger partial charge >= 0.3 is 0 Å². The first-order valence-corrected chi connectivity index (χ1v) is 6.31. The van der Waals surface area contributed by atoms with Gasteiger partial charge in [-0.3, -0.25) is 4.79 Å². The quantitative estimate of drug-likeness (QED) is 0.938. The summed E-state index contributed by atoms with van der Waals surface area (Å²) in [6.07, 6.45) is 2.93. The Balaban J connectivity index is 1.92. The molecule has 1 heterocycles. The van der Waals surface area contributed by atoms with E-state index in [0.717, 1.165) is 10.0 Å². The minimum Gasteiger partial charge on any atom is -0.348 e. The molecule has 0 aliphatic rings. The summed E-state index contributed by atoms with van der Waals surface area (Å²) < 4.78 is 2.51. The number of aromatic nitrogens is 3. The van der Waals surface area contributed by atoms with Crippen molar-refractivity contribution in [3.63, 3.8) is 0 Å². The minimum atomic E-state index is -0.0871. The lowest BCUT2D eigenvalue weighted by Crippen LogP contribution is -2.30. The molecule has 0 aliphatic heterocycles. The van der Waals surface area contributed by atoms with Crippen LogP contribution in [-0.4, -0.2) is 20.7 Å². The van der Waals surface area contributed by atoms with Crippen LogP contribution in [0.4, 0.5) is 0 Å². The van der Waals surface area contributed by atoms with Crippen LogP contribution < -0.4 is 5.32 Å². The first-order valence-electron chi connectivity index (χ1n) is 5.52. The molecule has 1 unspecified atom stereocenters.